The number of hydrogen-bond acceptors (Lipinski definition) is 7. The molecule has 2 saturated heterocycles. The highest BCUT2D eigenvalue weighted by Crippen LogP contribution is 2.39. The van der Waals surface area contributed by atoms with Gasteiger partial charge in [0.1, 0.15) is 11.0 Å². The van der Waals surface area contributed by atoms with Gasteiger partial charge in [-0.3, -0.25) is 4.98 Å². The number of carboxylic acid groups (broad SMARTS) is 1. The van der Waals surface area contributed by atoms with Gasteiger partial charge in [-0.15, -0.1) is 0 Å². The van der Waals surface area contributed by atoms with E-state index in [0.29, 0.717) is 23.9 Å². The van der Waals surface area contributed by atoms with Crippen LogP contribution in [0.1, 0.15) is 34.8 Å². The number of halogens is 1. The lowest BCUT2D eigenvalue weighted by molar-refractivity contribution is 0.0697. The lowest BCUT2D eigenvalue weighted by atomic mass is 9.99. The van der Waals surface area contributed by atoms with E-state index >= 15 is 0 Å². The Balaban J connectivity index is 1.63. The molecule has 2 aromatic heterocycles. The number of fused-ring (bicyclic) bond motifs is 1. The molecule has 160 valence electrons. The van der Waals surface area contributed by atoms with Crippen molar-refractivity contribution in [3.63, 3.8) is 0 Å². The van der Waals surface area contributed by atoms with Gasteiger partial charge < -0.3 is 19.6 Å². The van der Waals surface area contributed by atoms with Gasteiger partial charge in [0.15, 0.2) is 0 Å². The fourth-order valence-corrected chi connectivity index (χ4v) is 4.59. The summed E-state index contributed by atoms with van der Waals surface area (Å²) in [4.78, 5) is 29.8. The maximum atomic E-state index is 11.8. The van der Waals surface area contributed by atoms with E-state index < -0.39 is 5.97 Å². The minimum atomic E-state index is -0.973. The van der Waals surface area contributed by atoms with Crippen molar-refractivity contribution in [1.29, 1.82) is 0 Å². The van der Waals surface area contributed by atoms with Gasteiger partial charge in [0, 0.05) is 37.1 Å². The standard InChI is InChI=1S/C22H22ClN5O3/c23-19-12-15(3-4-24-19)28-5-1-2-18(28)16-10-14(22(29)30)11-17-21(16)26-20(13-25-17)27-6-8-31-9-7-27/h3-4,10-13,18H,1-2,5-9H2,(H,29,30). The quantitative estimate of drug-likeness (QED) is 0.617. The Labute approximate surface area is 184 Å². The van der Waals surface area contributed by atoms with Crippen LogP contribution in [0.5, 0.6) is 0 Å². The van der Waals surface area contributed by atoms with Gasteiger partial charge >= 0.3 is 5.97 Å². The minimum Gasteiger partial charge on any atom is -0.478 e. The second kappa shape index (κ2) is 8.28. The molecule has 0 saturated carbocycles. The highest BCUT2D eigenvalue weighted by atomic mass is 35.5. The van der Waals surface area contributed by atoms with Crippen LogP contribution < -0.4 is 9.80 Å². The van der Waals surface area contributed by atoms with E-state index in [1.165, 1.54) is 0 Å². The summed E-state index contributed by atoms with van der Waals surface area (Å²) in [6.45, 7) is 3.68. The third kappa shape index (κ3) is 3.88. The van der Waals surface area contributed by atoms with E-state index in [4.69, 9.17) is 21.3 Å². The van der Waals surface area contributed by atoms with Crippen LogP contribution in [-0.2, 0) is 4.74 Å². The van der Waals surface area contributed by atoms with Crippen molar-refractivity contribution in [2.45, 2.75) is 18.9 Å². The van der Waals surface area contributed by atoms with Crippen molar-refractivity contribution in [2.75, 3.05) is 42.6 Å². The first-order chi connectivity index (χ1) is 15.1. The molecule has 2 aliphatic rings. The molecule has 5 rings (SSSR count). The molecule has 1 atom stereocenters. The van der Waals surface area contributed by atoms with E-state index in [1.807, 2.05) is 12.1 Å². The maximum absolute atomic E-state index is 11.8. The minimum absolute atomic E-state index is 0.0190. The average Bonchev–Trinajstić information content (AvgIpc) is 3.28. The predicted molar refractivity (Wildman–Crippen MR) is 118 cm³/mol. The predicted octanol–water partition coefficient (Wildman–Crippen LogP) is 3.55. The van der Waals surface area contributed by atoms with Gasteiger partial charge in [0.2, 0.25) is 0 Å². The van der Waals surface area contributed by atoms with E-state index in [1.54, 1.807) is 24.5 Å². The van der Waals surface area contributed by atoms with Crippen molar-refractivity contribution < 1.29 is 14.6 Å². The molecule has 0 aliphatic carbocycles. The van der Waals surface area contributed by atoms with Gasteiger partial charge in [-0.2, -0.15) is 0 Å². The molecule has 0 radical (unpaired) electrons. The normalized spacial score (nSPS) is 19.2. The van der Waals surface area contributed by atoms with Crippen molar-refractivity contribution in [3.8, 4) is 0 Å². The molecular weight excluding hydrogens is 418 g/mol. The van der Waals surface area contributed by atoms with E-state index in [-0.39, 0.29) is 11.6 Å². The molecule has 4 heterocycles. The largest absolute Gasteiger partial charge is 0.478 e. The van der Waals surface area contributed by atoms with Gasteiger partial charge in [0.25, 0.3) is 0 Å². The molecule has 3 aromatic rings. The zero-order valence-corrected chi connectivity index (χ0v) is 17.6. The van der Waals surface area contributed by atoms with Gasteiger partial charge in [0.05, 0.1) is 42.0 Å². The molecule has 1 unspecified atom stereocenters. The Kier molecular flexibility index (Phi) is 5.33. The zero-order valence-electron chi connectivity index (χ0n) is 16.9. The molecular formula is C22H22ClN5O3. The number of anilines is 2. The Bertz CT molecular complexity index is 1140. The highest BCUT2D eigenvalue weighted by molar-refractivity contribution is 6.29. The molecule has 0 amide bonds. The summed E-state index contributed by atoms with van der Waals surface area (Å²) in [6, 6.07) is 7.09. The summed E-state index contributed by atoms with van der Waals surface area (Å²) in [5.74, 6) is -0.185. The highest BCUT2D eigenvalue weighted by Gasteiger charge is 2.30. The molecule has 0 bridgehead atoms. The summed E-state index contributed by atoms with van der Waals surface area (Å²) in [7, 11) is 0. The first kappa shape index (κ1) is 20.0. The van der Waals surface area contributed by atoms with Crippen LogP contribution in [0.3, 0.4) is 0 Å². The summed E-state index contributed by atoms with van der Waals surface area (Å²) >= 11 is 6.13. The van der Waals surface area contributed by atoms with Crippen LogP contribution in [0.4, 0.5) is 11.5 Å². The summed E-state index contributed by atoms with van der Waals surface area (Å²) in [5, 5.41) is 10.1. The molecule has 1 aromatic carbocycles. The van der Waals surface area contributed by atoms with Crippen LogP contribution in [0.25, 0.3) is 11.0 Å². The van der Waals surface area contributed by atoms with Gasteiger partial charge in [-0.05, 0) is 37.1 Å². The summed E-state index contributed by atoms with van der Waals surface area (Å²) in [6.07, 6.45) is 5.29. The second-order valence-corrected chi connectivity index (χ2v) is 8.14. The van der Waals surface area contributed by atoms with Crippen LogP contribution >= 0.6 is 11.6 Å². The number of nitrogens with zero attached hydrogens (tertiary/aromatic N) is 5. The smallest absolute Gasteiger partial charge is 0.335 e. The lowest BCUT2D eigenvalue weighted by Crippen LogP contribution is -2.36. The molecule has 2 fully saturated rings. The number of rotatable bonds is 4. The number of aromatic carboxylic acids is 1. The third-order valence-electron chi connectivity index (χ3n) is 5.90. The molecule has 8 nitrogen and oxygen atoms in total. The van der Waals surface area contributed by atoms with Crippen molar-refractivity contribution >= 4 is 40.1 Å². The number of aromatic nitrogens is 3. The Hall–Kier alpha value is -2.97. The fourth-order valence-electron chi connectivity index (χ4n) is 4.42. The molecule has 1 N–H and O–H groups in total. The molecule has 2 aliphatic heterocycles. The third-order valence-corrected chi connectivity index (χ3v) is 6.11. The average molecular weight is 440 g/mol. The van der Waals surface area contributed by atoms with Crippen molar-refractivity contribution in [1.82, 2.24) is 15.0 Å². The first-order valence-corrected chi connectivity index (χ1v) is 10.7. The topological polar surface area (TPSA) is 91.7 Å². The molecule has 31 heavy (non-hydrogen) atoms. The number of benzene rings is 1. The van der Waals surface area contributed by atoms with Crippen molar-refractivity contribution in [2.24, 2.45) is 0 Å². The van der Waals surface area contributed by atoms with Crippen molar-refractivity contribution in [3.05, 3.63) is 52.9 Å². The monoisotopic (exact) mass is 439 g/mol. The van der Waals surface area contributed by atoms with Gasteiger partial charge in [-0.25, -0.2) is 14.8 Å². The Morgan fingerprint density at radius 3 is 2.77 bits per heavy atom. The first-order valence-electron chi connectivity index (χ1n) is 10.3. The molecule has 9 heteroatoms. The van der Waals surface area contributed by atoms with Crippen LogP contribution in [0, 0.1) is 0 Å². The number of ether oxygens (including phenoxy) is 1. The number of carbonyl (C=O) groups is 1. The van der Waals surface area contributed by atoms with Crippen LogP contribution in [0.2, 0.25) is 5.15 Å². The van der Waals surface area contributed by atoms with E-state index in [2.05, 4.69) is 19.8 Å². The Morgan fingerprint density at radius 2 is 2.00 bits per heavy atom. The maximum Gasteiger partial charge on any atom is 0.335 e. The molecule has 0 spiro atoms. The summed E-state index contributed by atoms with van der Waals surface area (Å²) in [5.41, 5.74) is 3.39. The number of morpholine rings is 1. The lowest BCUT2D eigenvalue weighted by Gasteiger charge is -2.29. The van der Waals surface area contributed by atoms with Crippen LogP contribution in [-0.4, -0.2) is 58.9 Å². The second-order valence-electron chi connectivity index (χ2n) is 7.75. The summed E-state index contributed by atoms with van der Waals surface area (Å²) < 4.78 is 5.45. The van der Waals surface area contributed by atoms with Gasteiger partial charge in [-0.1, -0.05) is 11.6 Å². The van der Waals surface area contributed by atoms with E-state index in [0.717, 1.165) is 55.1 Å². The number of pyridine rings is 1. The van der Waals surface area contributed by atoms with E-state index in [9.17, 15) is 9.90 Å². The number of hydrogen-bond donors (Lipinski definition) is 1. The SMILES string of the molecule is O=C(O)c1cc(C2CCCN2c2ccnc(Cl)c2)c2nc(N3CCOCC3)cnc2c1. The number of carboxylic acids is 1. The zero-order chi connectivity index (χ0) is 21.4. The fraction of sp³-hybridized carbons (Fsp3) is 0.364. The Morgan fingerprint density at radius 1 is 1.16 bits per heavy atom. The van der Waals surface area contributed by atoms with Crippen LogP contribution in [0.15, 0.2) is 36.7 Å².